The molecule has 1 aromatic carbocycles. The zero-order chi connectivity index (χ0) is 9.47. The minimum atomic E-state index is -0.104. The zero-order valence-electron chi connectivity index (χ0n) is 7.61. The molecule has 0 radical (unpaired) electrons. The van der Waals surface area contributed by atoms with Crippen LogP contribution >= 0.6 is 22.6 Å². The average Bonchev–Trinajstić information content (AvgIpc) is 2.02. The van der Waals surface area contributed by atoms with E-state index in [4.69, 9.17) is 0 Å². The number of halogens is 2. The molecule has 2 heteroatoms. The molecule has 1 unspecified atom stereocenters. The first-order valence-electron chi connectivity index (χ1n) is 4.57. The number of hydrogen-bond donors (Lipinski definition) is 0. The maximum Gasteiger partial charge on any atom is 0.123 e. The van der Waals surface area contributed by atoms with E-state index in [0.717, 1.165) is 6.42 Å². The quantitative estimate of drug-likeness (QED) is 0.503. The molecule has 0 saturated heterocycles. The van der Waals surface area contributed by atoms with Crippen LogP contribution in [-0.2, 0) is 9.84 Å². The van der Waals surface area contributed by atoms with E-state index in [1.165, 1.54) is 24.0 Å². The molecule has 1 aliphatic rings. The van der Waals surface area contributed by atoms with Gasteiger partial charge in [0.1, 0.15) is 5.82 Å². The molecular formula is C11H12FI. The van der Waals surface area contributed by atoms with Crippen molar-refractivity contribution in [3.05, 3.63) is 35.1 Å². The van der Waals surface area contributed by atoms with Crippen LogP contribution in [0.25, 0.3) is 0 Å². The molecular weight excluding hydrogens is 278 g/mol. The number of hydrogen-bond acceptors (Lipinski definition) is 0. The molecule has 1 aliphatic carbocycles. The highest BCUT2D eigenvalue weighted by Crippen LogP contribution is 2.42. The van der Waals surface area contributed by atoms with Crippen molar-refractivity contribution >= 4 is 22.6 Å². The fraction of sp³-hybridized carbons (Fsp3) is 0.455. The van der Waals surface area contributed by atoms with Crippen LogP contribution in [0.2, 0.25) is 0 Å². The molecule has 70 valence electrons. The fourth-order valence-corrected chi connectivity index (χ4v) is 2.93. The van der Waals surface area contributed by atoms with E-state index in [1.54, 1.807) is 12.1 Å². The maximum absolute atomic E-state index is 12.9. The van der Waals surface area contributed by atoms with E-state index in [0.29, 0.717) is 0 Å². The number of fused-ring (bicyclic) bond motifs is 1. The van der Waals surface area contributed by atoms with Gasteiger partial charge in [-0.15, -0.1) is 0 Å². The maximum atomic E-state index is 12.9. The Kier molecular flexibility index (Phi) is 2.34. The SMILES string of the molecule is CC1(I)CCCc2cc(F)ccc21. The van der Waals surface area contributed by atoms with Gasteiger partial charge < -0.3 is 0 Å². The molecule has 0 N–H and O–H groups in total. The lowest BCUT2D eigenvalue weighted by atomic mass is 9.84. The molecule has 0 spiro atoms. The molecule has 0 bridgehead atoms. The van der Waals surface area contributed by atoms with Gasteiger partial charge in [-0.25, -0.2) is 4.39 Å². The highest BCUT2D eigenvalue weighted by Gasteiger charge is 2.28. The molecule has 1 aromatic rings. The third-order valence-electron chi connectivity index (χ3n) is 2.72. The van der Waals surface area contributed by atoms with Gasteiger partial charge in [-0.1, -0.05) is 28.7 Å². The summed E-state index contributed by atoms with van der Waals surface area (Å²) >= 11 is 2.47. The second-order valence-corrected chi connectivity index (χ2v) is 6.23. The van der Waals surface area contributed by atoms with Crippen LogP contribution in [0.5, 0.6) is 0 Å². The Bertz CT molecular complexity index is 331. The number of aryl methyl sites for hydroxylation is 1. The Labute approximate surface area is 91.7 Å². The summed E-state index contributed by atoms with van der Waals surface area (Å²) in [6.45, 7) is 2.23. The van der Waals surface area contributed by atoms with E-state index in [9.17, 15) is 4.39 Å². The molecule has 0 aliphatic heterocycles. The van der Waals surface area contributed by atoms with Gasteiger partial charge in [0.15, 0.2) is 0 Å². The van der Waals surface area contributed by atoms with Gasteiger partial charge in [-0.05, 0) is 49.4 Å². The second-order valence-electron chi connectivity index (χ2n) is 3.85. The summed E-state index contributed by atoms with van der Waals surface area (Å²) in [5.41, 5.74) is 2.52. The first kappa shape index (κ1) is 9.44. The van der Waals surface area contributed by atoms with E-state index in [2.05, 4.69) is 29.5 Å². The molecule has 0 nitrogen and oxygen atoms in total. The van der Waals surface area contributed by atoms with Crippen molar-refractivity contribution in [1.29, 1.82) is 0 Å². The largest absolute Gasteiger partial charge is 0.207 e. The third-order valence-corrected chi connectivity index (χ3v) is 3.84. The topological polar surface area (TPSA) is 0 Å². The molecule has 13 heavy (non-hydrogen) atoms. The number of benzene rings is 1. The predicted molar refractivity (Wildman–Crippen MR) is 60.7 cm³/mol. The zero-order valence-corrected chi connectivity index (χ0v) is 9.77. The summed E-state index contributed by atoms with van der Waals surface area (Å²) in [5, 5.41) is 0. The van der Waals surface area contributed by atoms with Crippen molar-refractivity contribution in [3.63, 3.8) is 0 Å². The van der Waals surface area contributed by atoms with Crippen LogP contribution in [0.1, 0.15) is 30.9 Å². The molecule has 0 saturated carbocycles. The van der Waals surface area contributed by atoms with Crippen molar-refractivity contribution in [2.75, 3.05) is 0 Å². The van der Waals surface area contributed by atoms with Crippen LogP contribution in [0.3, 0.4) is 0 Å². The van der Waals surface area contributed by atoms with Crippen LogP contribution in [0, 0.1) is 5.82 Å². The Morgan fingerprint density at radius 2 is 2.23 bits per heavy atom. The molecule has 1 atom stereocenters. The van der Waals surface area contributed by atoms with Crippen molar-refractivity contribution < 1.29 is 4.39 Å². The van der Waals surface area contributed by atoms with Crippen LogP contribution in [0.15, 0.2) is 18.2 Å². The van der Waals surface area contributed by atoms with Crippen molar-refractivity contribution in [2.24, 2.45) is 0 Å². The normalized spacial score (nSPS) is 27.0. The van der Waals surface area contributed by atoms with Gasteiger partial charge in [0, 0.05) is 3.42 Å². The summed E-state index contributed by atoms with van der Waals surface area (Å²) in [6, 6.07) is 5.20. The monoisotopic (exact) mass is 290 g/mol. The van der Waals surface area contributed by atoms with Gasteiger partial charge in [0.25, 0.3) is 0 Å². The van der Waals surface area contributed by atoms with Crippen LogP contribution in [0.4, 0.5) is 4.39 Å². The highest BCUT2D eigenvalue weighted by molar-refractivity contribution is 14.1. The van der Waals surface area contributed by atoms with Crippen molar-refractivity contribution in [3.8, 4) is 0 Å². The first-order chi connectivity index (χ1) is 6.09. The van der Waals surface area contributed by atoms with E-state index in [-0.39, 0.29) is 9.24 Å². The number of alkyl halides is 1. The van der Waals surface area contributed by atoms with E-state index < -0.39 is 0 Å². The average molecular weight is 290 g/mol. The minimum Gasteiger partial charge on any atom is -0.207 e. The summed E-state index contributed by atoms with van der Waals surface area (Å²) in [7, 11) is 0. The van der Waals surface area contributed by atoms with E-state index >= 15 is 0 Å². The van der Waals surface area contributed by atoms with Crippen molar-refractivity contribution in [1.82, 2.24) is 0 Å². The highest BCUT2D eigenvalue weighted by atomic mass is 127. The Morgan fingerprint density at radius 3 is 3.00 bits per heavy atom. The number of rotatable bonds is 0. The Hall–Kier alpha value is -0.120. The smallest absolute Gasteiger partial charge is 0.123 e. The van der Waals surface area contributed by atoms with Gasteiger partial charge in [-0.3, -0.25) is 0 Å². The summed E-state index contributed by atoms with van der Waals surface area (Å²) in [5.74, 6) is -0.104. The minimum absolute atomic E-state index is 0.104. The van der Waals surface area contributed by atoms with Crippen LogP contribution < -0.4 is 0 Å². The third kappa shape index (κ3) is 1.73. The molecule has 0 fully saturated rings. The Balaban J connectivity index is 2.53. The summed E-state index contributed by atoms with van der Waals surface area (Å²) < 4.78 is 13.2. The van der Waals surface area contributed by atoms with Gasteiger partial charge in [-0.2, -0.15) is 0 Å². The Morgan fingerprint density at radius 1 is 1.46 bits per heavy atom. The molecule has 0 heterocycles. The van der Waals surface area contributed by atoms with Gasteiger partial charge in [0.2, 0.25) is 0 Å². The molecule has 0 aromatic heterocycles. The van der Waals surface area contributed by atoms with Crippen molar-refractivity contribution in [2.45, 2.75) is 29.6 Å². The standard InChI is InChI=1S/C11H12FI/c1-11(13)6-2-3-8-7-9(12)4-5-10(8)11/h4-5,7H,2-3,6H2,1H3. The summed E-state index contributed by atoms with van der Waals surface area (Å²) in [6.07, 6.45) is 3.41. The first-order valence-corrected chi connectivity index (χ1v) is 5.65. The van der Waals surface area contributed by atoms with Crippen LogP contribution in [-0.4, -0.2) is 0 Å². The van der Waals surface area contributed by atoms with Gasteiger partial charge >= 0.3 is 0 Å². The lowest BCUT2D eigenvalue weighted by molar-refractivity contribution is 0.558. The van der Waals surface area contributed by atoms with E-state index in [1.807, 2.05) is 6.07 Å². The summed E-state index contributed by atoms with van der Waals surface area (Å²) in [4.78, 5) is 0. The lowest BCUT2D eigenvalue weighted by Gasteiger charge is -2.30. The lowest BCUT2D eigenvalue weighted by Crippen LogP contribution is -2.20. The molecule has 0 amide bonds. The van der Waals surface area contributed by atoms with Gasteiger partial charge in [0.05, 0.1) is 0 Å². The second kappa shape index (κ2) is 3.23. The fourth-order valence-electron chi connectivity index (χ4n) is 2.02. The molecule has 2 rings (SSSR count). The predicted octanol–water partition coefficient (Wildman–Crippen LogP) is 3.81.